The molecule has 2 aliphatic rings. The van der Waals surface area contributed by atoms with Gasteiger partial charge in [0.05, 0.1) is 36.9 Å². The summed E-state index contributed by atoms with van der Waals surface area (Å²) in [5.74, 6) is -0.878. The number of benzene rings is 2. The number of halogens is 2. The van der Waals surface area contributed by atoms with E-state index < -0.39 is 5.97 Å². The van der Waals surface area contributed by atoms with Gasteiger partial charge in [-0.1, -0.05) is 23.7 Å². The van der Waals surface area contributed by atoms with Crippen molar-refractivity contribution < 1.29 is 18.7 Å². The van der Waals surface area contributed by atoms with Crippen LogP contribution in [0.2, 0.25) is 5.02 Å². The lowest BCUT2D eigenvalue weighted by molar-refractivity contribution is -0.103. The molecule has 0 N–H and O–H groups in total. The van der Waals surface area contributed by atoms with E-state index in [1.54, 1.807) is 47.1 Å². The summed E-state index contributed by atoms with van der Waals surface area (Å²) in [5.41, 5.74) is 3.05. The molecule has 5 rings (SSSR count). The fourth-order valence-corrected chi connectivity index (χ4v) is 3.52. The number of fused-ring (bicyclic) bond motifs is 3. The van der Waals surface area contributed by atoms with E-state index in [9.17, 15) is 9.18 Å². The lowest BCUT2D eigenvalue weighted by atomic mass is 10.00. The number of aliphatic imine (C=N–C) groups is 1. The molecule has 1 fully saturated rings. The van der Waals surface area contributed by atoms with Crippen molar-refractivity contribution in [3.05, 3.63) is 81.9 Å². The van der Waals surface area contributed by atoms with Crippen LogP contribution in [-0.2, 0) is 16.0 Å². The quantitative estimate of drug-likeness (QED) is 0.618. The maximum absolute atomic E-state index is 14.5. The maximum Gasteiger partial charge on any atom is 0.359 e. The Morgan fingerprint density at radius 3 is 2.76 bits per heavy atom. The molecule has 0 bridgehead atoms. The second-order valence-corrected chi connectivity index (χ2v) is 7.24. The zero-order valence-electron chi connectivity index (χ0n) is 15.1. The standard InChI is InChI=1S/C21H15ClFN3O3/c22-12-5-6-19-16(7-12)20(15-3-1-2-4-17(15)23)24-9-13-8-18(25-26(13)19)21(27)29-14-10-28-11-14/h1-8,14H,9-11H2. The van der Waals surface area contributed by atoms with Crippen molar-refractivity contribution in [1.29, 1.82) is 0 Å². The first-order valence-electron chi connectivity index (χ1n) is 9.07. The monoisotopic (exact) mass is 411 g/mol. The van der Waals surface area contributed by atoms with Crippen LogP contribution in [-0.4, -0.2) is 40.8 Å². The highest BCUT2D eigenvalue weighted by molar-refractivity contribution is 6.31. The minimum absolute atomic E-state index is 0.192. The van der Waals surface area contributed by atoms with Crippen LogP contribution in [0.5, 0.6) is 0 Å². The summed E-state index contributed by atoms with van der Waals surface area (Å²) in [6.07, 6.45) is -0.235. The Hall–Kier alpha value is -3.03. The average Bonchev–Trinajstić information content (AvgIpc) is 3.04. The van der Waals surface area contributed by atoms with Crippen molar-refractivity contribution in [2.45, 2.75) is 12.6 Å². The highest BCUT2D eigenvalue weighted by Gasteiger charge is 2.27. The first-order chi connectivity index (χ1) is 14.1. The van der Waals surface area contributed by atoms with Gasteiger partial charge in [-0.25, -0.2) is 13.9 Å². The van der Waals surface area contributed by atoms with Crippen LogP contribution in [0.4, 0.5) is 4.39 Å². The molecule has 0 amide bonds. The van der Waals surface area contributed by atoms with Gasteiger partial charge in [0.25, 0.3) is 0 Å². The third-order valence-corrected chi connectivity index (χ3v) is 5.08. The molecule has 1 aromatic heterocycles. The molecule has 29 heavy (non-hydrogen) atoms. The maximum atomic E-state index is 14.5. The molecule has 1 saturated heterocycles. The van der Waals surface area contributed by atoms with Gasteiger partial charge in [-0.2, -0.15) is 5.10 Å². The minimum Gasteiger partial charge on any atom is -0.453 e. The topological polar surface area (TPSA) is 65.7 Å². The Bertz CT molecular complexity index is 1150. The second-order valence-electron chi connectivity index (χ2n) is 6.80. The number of ether oxygens (including phenoxy) is 2. The highest BCUT2D eigenvalue weighted by atomic mass is 35.5. The second kappa shape index (κ2) is 7.09. The summed E-state index contributed by atoms with van der Waals surface area (Å²) >= 11 is 6.22. The van der Waals surface area contributed by atoms with E-state index in [-0.39, 0.29) is 24.2 Å². The van der Waals surface area contributed by atoms with Crippen molar-refractivity contribution in [2.75, 3.05) is 13.2 Å². The number of rotatable bonds is 3. The number of carbonyl (C=O) groups excluding carboxylic acids is 1. The van der Waals surface area contributed by atoms with E-state index >= 15 is 0 Å². The molecule has 6 nitrogen and oxygen atoms in total. The summed E-state index contributed by atoms with van der Waals surface area (Å²) in [7, 11) is 0. The van der Waals surface area contributed by atoms with Crippen LogP contribution in [0.3, 0.4) is 0 Å². The third-order valence-electron chi connectivity index (χ3n) is 4.84. The number of aromatic nitrogens is 2. The number of carbonyl (C=O) groups is 1. The van der Waals surface area contributed by atoms with Crippen LogP contribution < -0.4 is 0 Å². The molecule has 0 aliphatic carbocycles. The van der Waals surface area contributed by atoms with Crippen LogP contribution in [0.15, 0.2) is 53.5 Å². The molecule has 0 atom stereocenters. The summed E-state index contributed by atoms with van der Waals surface area (Å²) in [6, 6.07) is 13.3. The molecule has 2 aromatic carbocycles. The molecule has 8 heteroatoms. The zero-order chi connectivity index (χ0) is 20.0. The molecule has 146 valence electrons. The predicted molar refractivity (Wildman–Crippen MR) is 104 cm³/mol. The van der Waals surface area contributed by atoms with Gasteiger partial charge in [-0.05, 0) is 36.4 Å². The SMILES string of the molecule is O=C(OC1COC1)c1cc2n(n1)-c1ccc(Cl)cc1C(c1ccccc1F)=NC2. The van der Waals surface area contributed by atoms with E-state index in [1.165, 1.54) is 6.07 Å². The third kappa shape index (κ3) is 3.22. The van der Waals surface area contributed by atoms with E-state index in [4.69, 9.17) is 21.1 Å². The molecular formula is C21H15ClFN3O3. The largest absolute Gasteiger partial charge is 0.453 e. The molecule has 3 aromatic rings. The highest BCUT2D eigenvalue weighted by Crippen LogP contribution is 2.29. The molecule has 2 aliphatic heterocycles. The van der Waals surface area contributed by atoms with Gasteiger partial charge in [0.2, 0.25) is 0 Å². The Kier molecular flexibility index (Phi) is 4.41. The van der Waals surface area contributed by atoms with Crippen molar-refractivity contribution in [1.82, 2.24) is 9.78 Å². The first-order valence-corrected chi connectivity index (χ1v) is 9.45. The van der Waals surface area contributed by atoms with Crippen LogP contribution in [0, 0.1) is 5.82 Å². The summed E-state index contributed by atoms with van der Waals surface area (Å²) in [5, 5.41) is 4.93. The van der Waals surface area contributed by atoms with Crippen LogP contribution in [0.25, 0.3) is 5.69 Å². The Balaban J connectivity index is 1.60. The van der Waals surface area contributed by atoms with E-state index in [0.29, 0.717) is 46.5 Å². The molecule has 0 spiro atoms. The number of nitrogens with zero attached hydrogens (tertiary/aromatic N) is 3. The molecule has 0 radical (unpaired) electrons. The fourth-order valence-electron chi connectivity index (χ4n) is 3.35. The number of hydrogen-bond acceptors (Lipinski definition) is 5. The molecular weight excluding hydrogens is 397 g/mol. The lowest BCUT2D eigenvalue weighted by Crippen LogP contribution is -2.37. The van der Waals surface area contributed by atoms with Gasteiger partial charge in [-0.15, -0.1) is 0 Å². The van der Waals surface area contributed by atoms with Gasteiger partial charge in [0.1, 0.15) is 11.9 Å². The van der Waals surface area contributed by atoms with Gasteiger partial charge in [-0.3, -0.25) is 4.99 Å². The van der Waals surface area contributed by atoms with Crippen molar-refractivity contribution in [2.24, 2.45) is 4.99 Å². The van der Waals surface area contributed by atoms with Crippen LogP contribution >= 0.6 is 11.6 Å². The minimum atomic E-state index is -0.507. The van der Waals surface area contributed by atoms with E-state index in [0.717, 1.165) is 0 Å². The van der Waals surface area contributed by atoms with Crippen molar-refractivity contribution in [3.63, 3.8) is 0 Å². The zero-order valence-corrected chi connectivity index (χ0v) is 15.9. The molecule has 0 saturated carbocycles. The molecule has 0 unspecified atom stereocenters. The van der Waals surface area contributed by atoms with Gasteiger partial charge in [0, 0.05) is 16.1 Å². The first kappa shape index (κ1) is 18.0. The smallest absolute Gasteiger partial charge is 0.359 e. The van der Waals surface area contributed by atoms with Gasteiger partial charge < -0.3 is 9.47 Å². The number of esters is 1. The normalized spacial score (nSPS) is 15.6. The number of hydrogen-bond donors (Lipinski definition) is 0. The lowest BCUT2D eigenvalue weighted by Gasteiger charge is -2.25. The van der Waals surface area contributed by atoms with Crippen molar-refractivity contribution >= 4 is 23.3 Å². The Morgan fingerprint density at radius 2 is 2.00 bits per heavy atom. The molecule has 3 heterocycles. The summed E-state index contributed by atoms with van der Waals surface area (Å²) < 4.78 is 26.5. The van der Waals surface area contributed by atoms with E-state index in [2.05, 4.69) is 10.1 Å². The summed E-state index contributed by atoms with van der Waals surface area (Å²) in [4.78, 5) is 17.0. The fraction of sp³-hybridized carbons (Fsp3) is 0.190. The Labute approximate surface area is 170 Å². The van der Waals surface area contributed by atoms with Gasteiger partial charge in [0.15, 0.2) is 5.69 Å². The Morgan fingerprint density at radius 1 is 1.17 bits per heavy atom. The van der Waals surface area contributed by atoms with Crippen molar-refractivity contribution in [3.8, 4) is 5.69 Å². The van der Waals surface area contributed by atoms with Gasteiger partial charge >= 0.3 is 5.97 Å². The van der Waals surface area contributed by atoms with Crippen LogP contribution in [0.1, 0.15) is 27.3 Å². The predicted octanol–water partition coefficient (Wildman–Crippen LogP) is 3.57. The van der Waals surface area contributed by atoms with E-state index in [1.807, 2.05) is 0 Å². The summed E-state index contributed by atoms with van der Waals surface area (Å²) in [6.45, 7) is 1.02. The average molecular weight is 412 g/mol.